The maximum Gasteiger partial charge on any atom is 0.230 e. The molecule has 2 amide bonds. The first-order valence-electron chi connectivity index (χ1n) is 9.24. The summed E-state index contributed by atoms with van der Waals surface area (Å²) in [5.41, 5.74) is 1.05. The van der Waals surface area contributed by atoms with Gasteiger partial charge < -0.3 is 10.6 Å². The van der Waals surface area contributed by atoms with Gasteiger partial charge in [0.15, 0.2) is 0 Å². The van der Waals surface area contributed by atoms with Crippen LogP contribution in [0.1, 0.15) is 36.2 Å². The van der Waals surface area contributed by atoms with Crippen LogP contribution in [0.15, 0.2) is 23.8 Å². The third-order valence-electron chi connectivity index (χ3n) is 3.82. The second-order valence-corrected chi connectivity index (χ2v) is 9.63. The zero-order valence-electron chi connectivity index (χ0n) is 16.0. The number of nitrogens with zero attached hydrogens (tertiary/aromatic N) is 4. The molecule has 11 heteroatoms. The van der Waals surface area contributed by atoms with Crippen molar-refractivity contribution in [2.24, 2.45) is 0 Å². The Balaban J connectivity index is 1.32. The molecule has 0 unspecified atom stereocenters. The average Bonchev–Trinajstić information content (AvgIpc) is 3.31. The van der Waals surface area contributed by atoms with Crippen LogP contribution < -0.4 is 10.6 Å². The van der Waals surface area contributed by atoms with E-state index in [1.807, 2.05) is 6.08 Å². The number of rotatable bonds is 10. The Morgan fingerprint density at radius 1 is 1.00 bits per heavy atom. The highest BCUT2D eigenvalue weighted by Crippen LogP contribution is 2.20. The number of anilines is 2. The van der Waals surface area contributed by atoms with Crippen LogP contribution in [0.3, 0.4) is 0 Å². The largest absolute Gasteiger partial charge is 0.301 e. The van der Waals surface area contributed by atoms with Crippen molar-refractivity contribution < 1.29 is 9.59 Å². The first kappa shape index (κ1) is 21.6. The molecule has 0 spiro atoms. The van der Waals surface area contributed by atoms with Gasteiger partial charge in [0.25, 0.3) is 0 Å². The molecule has 3 rings (SSSR count). The molecule has 1 aliphatic rings. The lowest BCUT2D eigenvalue weighted by molar-refractivity contribution is -0.115. The van der Waals surface area contributed by atoms with E-state index < -0.39 is 0 Å². The first-order valence-corrected chi connectivity index (χ1v) is 12.0. The minimum absolute atomic E-state index is 0.0597. The van der Waals surface area contributed by atoms with E-state index in [2.05, 4.69) is 43.2 Å². The normalized spacial score (nSPS) is 13.2. The Morgan fingerprint density at radius 2 is 1.66 bits per heavy atom. The van der Waals surface area contributed by atoms with Gasteiger partial charge in [-0.2, -0.15) is 11.8 Å². The van der Waals surface area contributed by atoms with Gasteiger partial charge in [-0.3, -0.25) is 9.59 Å². The lowest BCUT2D eigenvalue weighted by Crippen LogP contribution is -2.12. The molecular formula is C18H22N6O2S3. The summed E-state index contributed by atoms with van der Waals surface area (Å²) in [6.45, 7) is 1.45. The molecule has 2 aromatic rings. The fourth-order valence-electron chi connectivity index (χ4n) is 2.53. The Bertz CT molecular complexity index is 905. The van der Waals surface area contributed by atoms with E-state index in [0.29, 0.717) is 16.7 Å². The second kappa shape index (κ2) is 11.2. The monoisotopic (exact) mass is 450 g/mol. The summed E-state index contributed by atoms with van der Waals surface area (Å²) in [4.78, 5) is 23.1. The molecule has 0 fully saturated rings. The number of carbonyl (C=O) groups excluding carboxylic acids is 2. The van der Waals surface area contributed by atoms with Gasteiger partial charge in [0.2, 0.25) is 22.1 Å². The molecule has 154 valence electrons. The number of amides is 2. The van der Waals surface area contributed by atoms with Gasteiger partial charge in [0.05, 0.1) is 6.42 Å². The Hall–Kier alpha value is -2.11. The fraction of sp³-hybridized carbons (Fsp3) is 0.444. The number of aryl methyl sites for hydroxylation is 2. The van der Waals surface area contributed by atoms with Crippen molar-refractivity contribution in [3.8, 4) is 0 Å². The zero-order chi connectivity index (χ0) is 20.5. The van der Waals surface area contributed by atoms with E-state index in [-0.39, 0.29) is 11.8 Å². The summed E-state index contributed by atoms with van der Waals surface area (Å²) < 4.78 is 0. The van der Waals surface area contributed by atoms with Crippen LogP contribution in [0.2, 0.25) is 0 Å². The van der Waals surface area contributed by atoms with Crippen molar-refractivity contribution in [3.63, 3.8) is 0 Å². The van der Waals surface area contributed by atoms with Crippen LogP contribution >= 0.6 is 34.4 Å². The maximum atomic E-state index is 12.1. The van der Waals surface area contributed by atoms with Crippen molar-refractivity contribution in [1.82, 2.24) is 20.4 Å². The number of allylic oxidation sites excluding steroid dienone is 3. The lowest BCUT2D eigenvalue weighted by atomic mass is 10.0. The standard InChI is InChI=1S/C18H22N6O2S3/c1-12(25)19-17-23-21-15(28-17)7-9-27-10-8-16-22-24-18(29-16)20-14(26)11-13-5-3-2-4-6-13/h3,5-6H,2,4,7-11H2,1H3,(H,19,23,25)(H,20,24,26). The smallest absolute Gasteiger partial charge is 0.230 e. The molecule has 0 bridgehead atoms. The zero-order valence-corrected chi connectivity index (χ0v) is 18.5. The second-order valence-electron chi connectivity index (χ2n) is 6.28. The number of aromatic nitrogens is 4. The third kappa shape index (κ3) is 7.67. The lowest BCUT2D eigenvalue weighted by Gasteiger charge is -2.05. The maximum absolute atomic E-state index is 12.1. The van der Waals surface area contributed by atoms with Crippen molar-refractivity contribution in [1.29, 1.82) is 0 Å². The van der Waals surface area contributed by atoms with Crippen LogP contribution in [0.4, 0.5) is 10.3 Å². The minimum Gasteiger partial charge on any atom is -0.301 e. The number of thioether (sulfide) groups is 1. The summed E-state index contributed by atoms with van der Waals surface area (Å²) >= 11 is 4.62. The Morgan fingerprint density at radius 3 is 2.24 bits per heavy atom. The van der Waals surface area contributed by atoms with E-state index in [9.17, 15) is 9.59 Å². The van der Waals surface area contributed by atoms with Gasteiger partial charge in [-0.15, -0.1) is 20.4 Å². The van der Waals surface area contributed by atoms with Crippen molar-refractivity contribution in [2.45, 2.75) is 39.0 Å². The Kier molecular flexibility index (Phi) is 8.32. The molecule has 0 aliphatic heterocycles. The molecule has 0 radical (unpaired) electrons. The topological polar surface area (TPSA) is 110 Å². The molecule has 0 atom stereocenters. The van der Waals surface area contributed by atoms with E-state index >= 15 is 0 Å². The van der Waals surface area contributed by atoms with Gasteiger partial charge in [-0.05, 0) is 29.9 Å². The predicted molar refractivity (Wildman–Crippen MR) is 119 cm³/mol. The molecule has 8 nitrogen and oxygen atoms in total. The van der Waals surface area contributed by atoms with Crippen LogP contribution in [0.25, 0.3) is 0 Å². The molecule has 0 aromatic carbocycles. The van der Waals surface area contributed by atoms with Gasteiger partial charge in [0, 0.05) is 19.8 Å². The highest BCUT2D eigenvalue weighted by molar-refractivity contribution is 7.99. The van der Waals surface area contributed by atoms with Crippen molar-refractivity contribution in [2.75, 3.05) is 22.1 Å². The van der Waals surface area contributed by atoms with Crippen LogP contribution in [-0.4, -0.2) is 43.7 Å². The SMILES string of the molecule is CC(=O)Nc1nnc(CCSCCc2nnc(NC(=O)CC3=CCCC=C3)s2)s1. The van der Waals surface area contributed by atoms with Crippen LogP contribution in [0.5, 0.6) is 0 Å². The number of hydrogen-bond acceptors (Lipinski definition) is 9. The number of hydrogen-bond donors (Lipinski definition) is 2. The van der Waals surface area contributed by atoms with Gasteiger partial charge in [0.1, 0.15) is 10.0 Å². The molecule has 2 aromatic heterocycles. The summed E-state index contributed by atoms with van der Waals surface area (Å²) in [7, 11) is 0. The molecular weight excluding hydrogens is 428 g/mol. The van der Waals surface area contributed by atoms with Crippen LogP contribution in [0, 0.1) is 0 Å². The van der Waals surface area contributed by atoms with Crippen molar-refractivity contribution in [3.05, 3.63) is 33.8 Å². The highest BCUT2D eigenvalue weighted by atomic mass is 32.2. The van der Waals surface area contributed by atoms with Gasteiger partial charge >= 0.3 is 0 Å². The Labute approximate surface area is 181 Å². The predicted octanol–water partition coefficient (Wildman–Crippen LogP) is 3.47. The minimum atomic E-state index is -0.141. The molecule has 0 saturated carbocycles. The molecule has 0 saturated heterocycles. The fourth-order valence-corrected chi connectivity index (χ4v) is 5.21. The van der Waals surface area contributed by atoms with E-state index in [1.165, 1.54) is 29.6 Å². The van der Waals surface area contributed by atoms with Gasteiger partial charge in [-0.25, -0.2) is 0 Å². The van der Waals surface area contributed by atoms with Crippen molar-refractivity contribution >= 4 is 56.5 Å². The first-order chi connectivity index (χ1) is 14.1. The number of nitrogens with one attached hydrogen (secondary N) is 2. The summed E-state index contributed by atoms with van der Waals surface area (Å²) in [6, 6.07) is 0. The summed E-state index contributed by atoms with van der Waals surface area (Å²) in [5, 5.41) is 24.6. The number of carbonyl (C=O) groups is 2. The van der Waals surface area contributed by atoms with E-state index in [1.54, 1.807) is 11.8 Å². The molecule has 1 aliphatic carbocycles. The molecule has 2 N–H and O–H groups in total. The molecule has 29 heavy (non-hydrogen) atoms. The van der Waals surface area contributed by atoms with E-state index in [4.69, 9.17) is 0 Å². The highest BCUT2D eigenvalue weighted by Gasteiger charge is 2.10. The van der Waals surface area contributed by atoms with Gasteiger partial charge in [-0.1, -0.05) is 40.9 Å². The summed E-state index contributed by atoms with van der Waals surface area (Å²) in [5.74, 6) is 1.63. The summed E-state index contributed by atoms with van der Waals surface area (Å²) in [6.07, 6.45) is 10.2. The van der Waals surface area contributed by atoms with Crippen LogP contribution in [-0.2, 0) is 22.4 Å². The van der Waals surface area contributed by atoms with E-state index in [0.717, 1.165) is 52.8 Å². The third-order valence-corrected chi connectivity index (χ3v) is 6.60. The quantitative estimate of drug-likeness (QED) is 0.533. The average molecular weight is 451 g/mol. The molecule has 2 heterocycles.